The van der Waals surface area contributed by atoms with Crippen molar-refractivity contribution in [1.82, 2.24) is 9.88 Å². The van der Waals surface area contributed by atoms with Crippen molar-refractivity contribution in [1.29, 1.82) is 5.41 Å². The van der Waals surface area contributed by atoms with Gasteiger partial charge in [0.2, 0.25) is 0 Å². The Morgan fingerprint density at radius 3 is 2.35 bits per heavy atom. The molecule has 1 saturated heterocycles. The third kappa shape index (κ3) is 6.64. The Labute approximate surface area is 206 Å². The minimum atomic E-state index is -0.308. The van der Waals surface area contributed by atoms with Crippen LogP contribution in [-0.2, 0) is 0 Å². The lowest BCUT2D eigenvalue weighted by molar-refractivity contribution is 0.102. The SMILES string of the molecule is COc1ccc(NC(=O)c2ccc(C(=N)N3CCCC3)cc2)c(C=O)c1.Nc1ccc(Br)cn1. The van der Waals surface area contributed by atoms with Crippen LogP contribution in [0.4, 0.5) is 11.5 Å². The number of amides is 1. The van der Waals surface area contributed by atoms with E-state index in [0.717, 1.165) is 36.0 Å². The molecule has 3 aromatic rings. The molecule has 0 aliphatic carbocycles. The summed E-state index contributed by atoms with van der Waals surface area (Å²) in [5.74, 6) is 1.29. The van der Waals surface area contributed by atoms with E-state index >= 15 is 0 Å². The number of amidine groups is 1. The minimum Gasteiger partial charge on any atom is -0.497 e. The molecule has 0 bridgehead atoms. The van der Waals surface area contributed by atoms with Gasteiger partial charge in [0.15, 0.2) is 6.29 Å². The summed E-state index contributed by atoms with van der Waals surface area (Å²) < 4.78 is 6.03. The summed E-state index contributed by atoms with van der Waals surface area (Å²) in [5, 5.41) is 11.0. The van der Waals surface area contributed by atoms with Crippen LogP contribution in [0, 0.1) is 5.41 Å². The van der Waals surface area contributed by atoms with E-state index in [2.05, 4.69) is 26.2 Å². The van der Waals surface area contributed by atoms with Crippen molar-refractivity contribution in [2.45, 2.75) is 12.8 Å². The van der Waals surface area contributed by atoms with Crippen LogP contribution in [0.2, 0.25) is 0 Å². The number of nitrogen functional groups attached to an aromatic ring is 1. The fourth-order valence-corrected chi connectivity index (χ4v) is 3.60. The molecule has 34 heavy (non-hydrogen) atoms. The van der Waals surface area contributed by atoms with Crippen LogP contribution in [0.15, 0.2) is 65.3 Å². The second-order valence-corrected chi connectivity index (χ2v) is 8.46. The summed E-state index contributed by atoms with van der Waals surface area (Å²) in [5.41, 5.74) is 7.34. The first-order valence-electron chi connectivity index (χ1n) is 10.7. The number of aromatic nitrogens is 1. The number of pyridine rings is 1. The van der Waals surface area contributed by atoms with Gasteiger partial charge in [0.25, 0.3) is 5.91 Å². The van der Waals surface area contributed by atoms with E-state index in [1.807, 2.05) is 11.0 Å². The van der Waals surface area contributed by atoms with Crippen LogP contribution >= 0.6 is 15.9 Å². The maximum absolute atomic E-state index is 12.5. The van der Waals surface area contributed by atoms with E-state index in [9.17, 15) is 9.59 Å². The number of likely N-dealkylation sites (tertiary alicyclic amines) is 1. The molecular formula is C25H26BrN5O3. The topological polar surface area (TPSA) is 121 Å². The first-order chi connectivity index (χ1) is 16.4. The number of rotatable bonds is 5. The quantitative estimate of drug-likeness (QED) is 0.255. The van der Waals surface area contributed by atoms with Gasteiger partial charge in [-0.2, -0.15) is 0 Å². The fraction of sp³-hybridized carbons (Fsp3) is 0.200. The number of anilines is 2. The molecule has 1 aliphatic rings. The molecular weight excluding hydrogens is 498 g/mol. The third-order valence-electron chi connectivity index (χ3n) is 5.23. The Hall–Kier alpha value is -3.72. The molecule has 2 aromatic carbocycles. The molecule has 0 saturated carbocycles. The number of nitrogens with two attached hydrogens (primary N) is 1. The zero-order valence-electron chi connectivity index (χ0n) is 18.8. The molecule has 1 amide bonds. The molecule has 4 rings (SSSR count). The van der Waals surface area contributed by atoms with E-state index in [-0.39, 0.29) is 5.91 Å². The molecule has 9 heteroatoms. The number of hydrogen-bond donors (Lipinski definition) is 3. The number of nitrogens with zero attached hydrogens (tertiary/aromatic N) is 2. The molecule has 0 unspecified atom stereocenters. The summed E-state index contributed by atoms with van der Waals surface area (Å²) in [6, 6.07) is 15.4. The highest BCUT2D eigenvalue weighted by Gasteiger charge is 2.17. The van der Waals surface area contributed by atoms with E-state index < -0.39 is 0 Å². The molecule has 2 heterocycles. The van der Waals surface area contributed by atoms with Crippen LogP contribution < -0.4 is 15.8 Å². The van der Waals surface area contributed by atoms with E-state index in [0.29, 0.717) is 40.5 Å². The van der Waals surface area contributed by atoms with E-state index in [4.69, 9.17) is 15.9 Å². The van der Waals surface area contributed by atoms with Gasteiger partial charge in [0, 0.05) is 40.4 Å². The predicted molar refractivity (Wildman–Crippen MR) is 137 cm³/mol. The van der Waals surface area contributed by atoms with Gasteiger partial charge in [-0.25, -0.2) is 4.98 Å². The van der Waals surface area contributed by atoms with Crippen molar-refractivity contribution < 1.29 is 14.3 Å². The van der Waals surface area contributed by atoms with Gasteiger partial charge < -0.3 is 20.7 Å². The smallest absolute Gasteiger partial charge is 0.255 e. The minimum absolute atomic E-state index is 0.308. The molecule has 0 radical (unpaired) electrons. The van der Waals surface area contributed by atoms with E-state index in [1.165, 1.54) is 7.11 Å². The van der Waals surface area contributed by atoms with Crippen LogP contribution in [0.3, 0.4) is 0 Å². The predicted octanol–water partition coefficient (Wildman–Crippen LogP) is 4.61. The van der Waals surface area contributed by atoms with Crippen LogP contribution in [0.1, 0.15) is 39.1 Å². The lowest BCUT2D eigenvalue weighted by Gasteiger charge is -2.18. The van der Waals surface area contributed by atoms with Gasteiger partial charge in [0.1, 0.15) is 17.4 Å². The van der Waals surface area contributed by atoms with Gasteiger partial charge in [0.05, 0.1) is 12.8 Å². The van der Waals surface area contributed by atoms with Gasteiger partial charge in [-0.3, -0.25) is 15.0 Å². The number of ether oxygens (including phenoxy) is 1. The van der Waals surface area contributed by atoms with Crippen molar-refractivity contribution in [2.75, 3.05) is 31.2 Å². The Morgan fingerprint density at radius 1 is 1.12 bits per heavy atom. The molecule has 0 spiro atoms. The van der Waals surface area contributed by atoms with Crippen molar-refractivity contribution >= 4 is 45.5 Å². The number of hydrogen-bond acceptors (Lipinski definition) is 6. The maximum Gasteiger partial charge on any atom is 0.255 e. The van der Waals surface area contributed by atoms with Gasteiger partial charge in [-0.05, 0) is 71.2 Å². The summed E-state index contributed by atoms with van der Waals surface area (Å²) in [6.07, 6.45) is 4.57. The number of carbonyl (C=O) groups excluding carboxylic acids is 2. The van der Waals surface area contributed by atoms with Gasteiger partial charge in [-0.15, -0.1) is 0 Å². The van der Waals surface area contributed by atoms with Crippen LogP contribution in [0.25, 0.3) is 0 Å². The van der Waals surface area contributed by atoms with Gasteiger partial charge in [-0.1, -0.05) is 12.1 Å². The molecule has 176 valence electrons. The van der Waals surface area contributed by atoms with Gasteiger partial charge >= 0.3 is 0 Å². The molecule has 0 atom stereocenters. The summed E-state index contributed by atoms with van der Waals surface area (Å²) in [7, 11) is 1.52. The molecule has 1 aromatic heterocycles. The van der Waals surface area contributed by atoms with Crippen molar-refractivity contribution in [3.8, 4) is 5.75 Å². The second kappa shape index (κ2) is 11.9. The molecule has 4 N–H and O–H groups in total. The maximum atomic E-state index is 12.5. The fourth-order valence-electron chi connectivity index (χ4n) is 3.36. The highest BCUT2D eigenvalue weighted by atomic mass is 79.9. The Kier molecular flexibility index (Phi) is 8.75. The number of nitrogens with one attached hydrogen (secondary N) is 2. The normalized spacial score (nSPS) is 12.4. The highest BCUT2D eigenvalue weighted by molar-refractivity contribution is 9.10. The Balaban J connectivity index is 0.000000343. The van der Waals surface area contributed by atoms with Crippen LogP contribution in [0.5, 0.6) is 5.75 Å². The number of carbonyl (C=O) groups is 2. The monoisotopic (exact) mass is 523 g/mol. The van der Waals surface area contributed by atoms with E-state index in [1.54, 1.807) is 54.7 Å². The summed E-state index contributed by atoms with van der Waals surface area (Å²) in [4.78, 5) is 29.5. The average molecular weight is 524 g/mol. The van der Waals surface area contributed by atoms with Crippen LogP contribution in [-0.4, -0.2) is 48.1 Å². The zero-order chi connectivity index (χ0) is 24.5. The lowest BCUT2D eigenvalue weighted by Crippen LogP contribution is -2.27. The molecule has 8 nitrogen and oxygen atoms in total. The molecule has 1 fully saturated rings. The standard InChI is InChI=1S/C20H21N3O3.C5H5BrN2/c1-26-17-8-9-18(16(12-17)13-24)22-20(25)15-6-4-14(5-7-15)19(21)23-10-2-3-11-23;6-4-1-2-5(7)8-3-4/h4-9,12-13,21H,2-3,10-11H2,1H3,(H,22,25);1-3H,(H2,7,8). The number of methoxy groups -OCH3 is 1. The largest absolute Gasteiger partial charge is 0.497 e. The summed E-state index contributed by atoms with van der Waals surface area (Å²) in [6.45, 7) is 1.82. The second-order valence-electron chi connectivity index (χ2n) is 7.55. The first-order valence-corrected chi connectivity index (χ1v) is 11.5. The summed E-state index contributed by atoms with van der Waals surface area (Å²) >= 11 is 3.23. The number of aldehydes is 1. The average Bonchev–Trinajstić information content (AvgIpc) is 3.41. The zero-order valence-corrected chi connectivity index (χ0v) is 20.3. The first kappa shape index (κ1) is 24.9. The number of benzene rings is 2. The molecule has 1 aliphatic heterocycles. The Morgan fingerprint density at radius 2 is 1.79 bits per heavy atom. The van der Waals surface area contributed by atoms with Crippen molar-refractivity contribution in [2.24, 2.45) is 0 Å². The van der Waals surface area contributed by atoms with Crippen molar-refractivity contribution in [3.05, 3.63) is 82.0 Å². The lowest BCUT2D eigenvalue weighted by atomic mass is 10.1. The van der Waals surface area contributed by atoms with Crippen molar-refractivity contribution in [3.63, 3.8) is 0 Å². The third-order valence-corrected chi connectivity index (χ3v) is 5.70. The number of halogens is 1. The highest BCUT2D eigenvalue weighted by Crippen LogP contribution is 2.21. The Bertz CT molecular complexity index is 1120.